The number of ether oxygens (including phenoxy) is 1. The van der Waals surface area contributed by atoms with Crippen LogP contribution in [0.1, 0.15) is 72.6 Å². The highest BCUT2D eigenvalue weighted by Crippen LogP contribution is 2.36. The molecule has 18 heavy (non-hydrogen) atoms. The molecular weight excluding hydrogens is 222 g/mol. The zero-order chi connectivity index (χ0) is 13.2. The summed E-state index contributed by atoms with van der Waals surface area (Å²) in [5.41, 5.74) is 0.367. The fourth-order valence-electron chi connectivity index (χ4n) is 3.69. The van der Waals surface area contributed by atoms with Gasteiger partial charge >= 0.3 is 0 Å². The zero-order valence-electron chi connectivity index (χ0n) is 12.7. The SMILES string of the molecule is CC1(C)CC(C2CCCCC(C)(C)O2)CCCN1. The molecule has 0 bridgehead atoms. The standard InChI is InChI=1S/C16H31NO/c1-15(2)12-13(8-7-11-17-15)14-9-5-6-10-16(3,4)18-14/h13-14,17H,5-12H2,1-4H3. The lowest BCUT2D eigenvalue weighted by Crippen LogP contribution is -2.42. The molecule has 0 aromatic rings. The molecule has 106 valence electrons. The molecule has 0 aliphatic carbocycles. The third kappa shape index (κ3) is 3.96. The van der Waals surface area contributed by atoms with Gasteiger partial charge in [0.1, 0.15) is 0 Å². The Bertz CT molecular complexity index is 244. The van der Waals surface area contributed by atoms with Crippen molar-refractivity contribution in [2.75, 3.05) is 6.54 Å². The van der Waals surface area contributed by atoms with Crippen LogP contribution in [0.25, 0.3) is 0 Å². The Kier molecular flexibility index (Phi) is 4.38. The van der Waals surface area contributed by atoms with E-state index in [-0.39, 0.29) is 11.1 Å². The first-order valence-corrected chi connectivity index (χ1v) is 7.81. The van der Waals surface area contributed by atoms with Gasteiger partial charge in [0.05, 0.1) is 11.7 Å². The van der Waals surface area contributed by atoms with Crippen LogP contribution in [-0.2, 0) is 4.74 Å². The Morgan fingerprint density at radius 1 is 1.00 bits per heavy atom. The van der Waals surface area contributed by atoms with Gasteiger partial charge in [-0.2, -0.15) is 0 Å². The number of nitrogens with one attached hydrogen (secondary N) is 1. The average molecular weight is 253 g/mol. The summed E-state index contributed by atoms with van der Waals surface area (Å²) in [5.74, 6) is 0.743. The summed E-state index contributed by atoms with van der Waals surface area (Å²) in [6.45, 7) is 10.4. The minimum atomic E-state index is 0.0883. The summed E-state index contributed by atoms with van der Waals surface area (Å²) in [4.78, 5) is 0. The minimum Gasteiger partial charge on any atom is -0.372 e. The van der Waals surface area contributed by atoms with Gasteiger partial charge in [-0.15, -0.1) is 0 Å². The summed E-state index contributed by atoms with van der Waals surface area (Å²) < 4.78 is 6.46. The number of hydrogen-bond acceptors (Lipinski definition) is 2. The van der Waals surface area contributed by atoms with Crippen LogP contribution in [0.5, 0.6) is 0 Å². The fourth-order valence-corrected chi connectivity index (χ4v) is 3.69. The highest BCUT2D eigenvalue weighted by Gasteiger charge is 2.35. The average Bonchev–Trinajstić information content (AvgIpc) is 2.53. The maximum atomic E-state index is 6.46. The lowest BCUT2D eigenvalue weighted by Gasteiger charge is -2.35. The van der Waals surface area contributed by atoms with Gasteiger partial charge in [-0.05, 0) is 72.3 Å². The molecule has 0 radical (unpaired) electrons. The molecule has 1 N–H and O–H groups in total. The first-order chi connectivity index (χ1) is 8.38. The van der Waals surface area contributed by atoms with E-state index in [1.165, 1.54) is 51.5 Å². The molecule has 2 heteroatoms. The lowest BCUT2D eigenvalue weighted by atomic mass is 9.84. The Morgan fingerprint density at radius 3 is 2.56 bits per heavy atom. The van der Waals surface area contributed by atoms with Crippen molar-refractivity contribution in [1.29, 1.82) is 0 Å². The molecule has 0 amide bonds. The van der Waals surface area contributed by atoms with E-state index in [0.29, 0.717) is 6.10 Å². The van der Waals surface area contributed by atoms with Crippen molar-refractivity contribution in [2.24, 2.45) is 5.92 Å². The smallest absolute Gasteiger partial charge is 0.0630 e. The van der Waals surface area contributed by atoms with Crippen LogP contribution in [0, 0.1) is 5.92 Å². The third-order valence-electron chi connectivity index (χ3n) is 4.64. The van der Waals surface area contributed by atoms with Gasteiger partial charge in [-0.3, -0.25) is 0 Å². The predicted octanol–water partition coefficient (Wildman–Crippen LogP) is 3.89. The van der Waals surface area contributed by atoms with Crippen molar-refractivity contribution in [3.05, 3.63) is 0 Å². The summed E-state index contributed by atoms with van der Waals surface area (Å²) in [6.07, 6.45) is 9.54. The molecule has 0 spiro atoms. The first kappa shape index (κ1) is 14.3. The minimum absolute atomic E-state index is 0.0883. The normalized spacial score (nSPS) is 36.7. The van der Waals surface area contributed by atoms with Gasteiger partial charge < -0.3 is 10.1 Å². The van der Waals surface area contributed by atoms with Crippen molar-refractivity contribution in [3.63, 3.8) is 0 Å². The highest BCUT2D eigenvalue weighted by atomic mass is 16.5. The maximum absolute atomic E-state index is 6.46. The Labute approximate surface area is 113 Å². The van der Waals surface area contributed by atoms with E-state index in [9.17, 15) is 0 Å². The topological polar surface area (TPSA) is 21.3 Å². The molecule has 2 atom stereocenters. The van der Waals surface area contributed by atoms with Crippen LogP contribution in [0.4, 0.5) is 0 Å². The van der Waals surface area contributed by atoms with Crippen LogP contribution in [-0.4, -0.2) is 23.8 Å². The number of rotatable bonds is 1. The summed E-state index contributed by atoms with van der Waals surface area (Å²) in [5, 5.41) is 3.67. The Morgan fingerprint density at radius 2 is 1.78 bits per heavy atom. The summed E-state index contributed by atoms with van der Waals surface area (Å²) in [6, 6.07) is 0. The monoisotopic (exact) mass is 253 g/mol. The van der Waals surface area contributed by atoms with Crippen LogP contribution in [0.3, 0.4) is 0 Å². The van der Waals surface area contributed by atoms with E-state index in [2.05, 4.69) is 33.0 Å². The Balaban J connectivity index is 2.04. The van der Waals surface area contributed by atoms with Crippen molar-refractivity contribution in [1.82, 2.24) is 5.32 Å². The van der Waals surface area contributed by atoms with Gasteiger partial charge in [-0.25, -0.2) is 0 Å². The van der Waals surface area contributed by atoms with E-state index < -0.39 is 0 Å². The largest absolute Gasteiger partial charge is 0.372 e. The zero-order valence-corrected chi connectivity index (χ0v) is 12.7. The molecule has 2 nitrogen and oxygen atoms in total. The first-order valence-electron chi connectivity index (χ1n) is 7.81. The highest BCUT2D eigenvalue weighted by molar-refractivity contribution is 4.89. The fraction of sp³-hybridized carbons (Fsp3) is 1.00. The van der Waals surface area contributed by atoms with Crippen LogP contribution in [0.15, 0.2) is 0 Å². The van der Waals surface area contributed by atoms with Gasteiger partial charge in [0.15, 0.2) is 0 Å². The molecule has 2 heterocycles. The van der Waals surface area contributed by atoms with E-state index in [1.54, 1.807) is 0 Å². The summed E-state index contributed by atoms with van der Waals surface area (Å²) >= 11 is 0. The quantitative estimate of drug-likeness (QED) is 0.765. The Hall–Kier alpha value is -0.0800. The van der Waals surface area contributed by atoms with E-state index in [4.69, 9.17) is 4.74 Å². The van der Waals surface area contributed by atoms with Crippen molar-refractivity contribution in [2.45, 2.75) is 89.9 Å². The molecule has 0 saturated carbocycles. The second kappa shape index (κ2) is 5.50. The molecule has 0 aromatic heterocycles. The van der Waals surface area contributed by atoms with Crippen LogP contribution >= 0.6 is 0 Å². The molecular formula is C16H31NO. The molecule has 2 unspecified atom stereocenters. The second-order valence-corrected chi connectivity index (χ2v) is 7.58. The number of hydrogen-bond donors (Lipinski definition) is 1. The molecule has 0 aromatic carbocycles. The lowest BCUT2D eigenvalue weighted by molar-refractivity contribution is -0.0957. The van der Waals surface area contributed by atoms with Crippen molar-refractivity contribution < 1.29 is 4.74 Å². The van der Waals surface area contributed by atoms with Gasteiger partial charge in [-0.1, -0.05) is 12.8 Å². The van der Waals surface area contributed by atoms with Crippen molar-refractivity contribution >= 4 is 0 Å². The predicted molar refractivity (Wildman–Crippen MR) is 76.8 cm³/mol. The van der Waals surface area contributed by atoms with E-state index >= 15 is 0 Å². The molecule has 2 aliphatic heterocycles. The van der Waals surface area contributed by atoms with Crippen LogP contribution in [0.2, 0.25) is 0 Å². The second-order valence-electron chi connectivity index (χ2n) is 7.58. The van der Waals surface area contributed by atoms with E-state index in [0.717, 1.165) is 5.92 Å². The summed E-state index contributed by atoms with van der Waals surface area (Å²) in [7, 11) is 0. The van der Waals surface area contributed by atoms with Crippen molar-refractivity contribution in [3.8, 4) is 0 Å². The van der Waals surface area contributed by atoms with Gasteiger partial charge in [0, 0.05) is 5.54 Å². The molecule has 2 saturated heterocycles. The molecule has 2 fully saturated rings. The maximum Gasteiger partial charge on any atom is 0.0630 e. The van der Waals surface area contributed by atoms with E-state index in [1.807, 2.05) is 0 Å². The third-order valence-corrected chi connectivity index (χ3v) is 4.64. The molecule has 2 aliphatic rings. The molecule has 2 rings (SSSR count). The van der Waals surface area contributed by atoms with Gasteiger partial charge in [0.2, 0.25) is 0 Å². The van der Waals surface area contributed by atoms with Gasteiger partial charge in [0.25, 0.3) is 0 Å². The van der Waals surface area contributed by atoms with Crippen LogP contribution < -0.4 is 5.32 Å².